The van der Waals surface area contributed by atoms with Gasteiger partial charge in [-0.2, -0.15) is 0 Å². The van der Waals surface area contributed by atoms with Gasteiger partial charge in [-0.25, -0.2) is 4.98 Å². The predicted octanol–water partition coefficient (Wildman–Crippen LogP) is 5.75. The highest BCUT2D eigenvalue weighted by Crippen LogP contribution is 2.31. The maximum Gasteiger partial charge on any atom is 0.186 e. The molecule has 3 rings (SSSR count). The monoisotopic (exact) mass is 345 g/mol. The number of benzene rings is 2. The Labute approximate surface area is 141 Å². The molecule has 22 heavy (non-hydrogen) atoms. The van der Waals surface area contributed by atoms with Crippen molar-refractivity contribution in [2.24, 2.45) is 0 Å². The third-order valence-electron chi connectivity index (χ3n) is 3.05. The second kappa shape index (κ2) is 6.65. The molecule has 1 aromatic heterocycles. The maximum absolute atomic E-state index is 12.0. The van der Waals surface area contributed by atoms with Gasteiger partial charge in [-0.05, 0) is 36.6 Å². The summed E-state index contributed by atoms with van der Waals surface area (Å²) in [5.41, 5.74) is 2.72. The van der Waals surface area contributed by atoms with Crippen LogP contribution in [0.4, 0.5) is 0 Å². The van der Waals surface area contributed by atoms with Gasteiger partial charge in [0.1, 0.15) is 0 Å². The summed E-state index contributed by atoms with van der Waals surface area (Å²) in [7, 11) is 0. The van der Waals surface area contributed by atoms with E-state index in [0.29, 0.717) is 10.6 Å². The maximum atomic E-state index is 12.0. The van der Waals surface area contributed by atoms with Gasteiger partial charge in [-0.1, -0.05) is 53.2 Å². The summed E-state index contributed by atoms with van der Waals surface area (Å²) in [6.45, 7) is 2.00. The van der Waals surface area contributed by atoms with Gasteiger partial charge in [0.15, 0.2) is 10.1 Å². The molecule has 5 heteroatoms. The molecule has 110 valence electrons. The molecule has 0 bridgehead atoms. The van der Waals surface area contributed by atoms with E-state index in [-0.39, 0.29) is 5.78 Å². The lowest BCUT2D eigenvalue weighted by atomic mass is 10.1. The lowest BCUT2D eigenvalue weighted by molar-refractivity contribution is 0.104. The first-order chi connectivity index (χ1) is 10.6. The van der Waals surface area contributed by atoms with Gasteiger partial charge >= 0.3 is 0 Å². The van der Waals surface area contributed by atoms with Crippen LogP contribution < -0.4 is 0 Å². The van der Waals surface area contributed by atoms with Gasteiger partial charge in [0.05, 0.1) is 10.2 Å². The van der Waals surface area contributed by atoms with E-state index in [2.05, 4.69) is 4.98 Å². The average molecular weight is 346 g/mol. The van der Waals surface area contributed by atoms with Crippen LogP contribution in [-0.4, -0.2) is 10.8 Å². The summed E-state index contributed by atoms with van der Waals surface area (Å²) in [5, 5.41) is 2.46. The predicted molar refractivity (Wildman–Crippen MR) is 95.1 cm³/mol. The Balaban J connectivity index is 1.70. The van der Waals surface area contributed by atoms with Crippen LogP contribution in [0.15, 0.2) is 58.3 Å². The standard InChI is InChI=1S/C17H12ClNOS2/c1-11-2-4-12(5-3-11)15(20)8-9-21-17-19-14-10-13(18)6-7-16(14)22-17/h2-10H,1H3. The topological polar surface area (TPSA) is 30.0 Å². The summed E-state index contributed by atoms with van der Waals surface area (Å²) < 4.78 is 1.98. The number of hydrogen-bond acceptors (Lipinski definition) is 4. The van der Waals surface area contributed by atoms with Crippen molar-refractivity contribution in [1.29, 1.82) is 0 Å². The van der Waals surface area contributed by atoms with E-state index >= 15 is 0 Å². The number of aromatic nitrogens is 1. The zero-order valence-corrected chi connectivity index (χ0v) is 14.1. The van der Waals surface area contributed by atoms with Crippen molar-refractivity contribution in [2.75, 3.05) is 0 Å². The minimum atomic E-state index is -0.00310. The number of aryl methyl sites for hydroxylation is 1. The molecule has 0 amide bonds. The molecule has 0 aliphatic carbocycles. The van der Waals surface area contributed by atoms with Gasteiger partial charge in [0.2, 0.25) is 0 Å². The van der Waals surface area contributed by atoms with E-state index < -0.39 is 0 Å². The van der Waals surface area contributed by atoms with Crippen molar-refractivity contribution in [2.45, 2.75) is 11.3 Å². The van der Waals surface area contributed by atoms with E-state index in [9.17, 15) is 4.79 Å². The lowest BCUT2D eigenvalue weighted by Crippen LogP contribution is -1.93. The third-order valence-corrected chi connectivity index (χ3v) is 5.22. The molecule has 0 saturated heterocycles. The molecule has 0 atom stereocenters. The molecule has 0 aliphatic heterocycles. The van der Waals surface area contributed by atoms with Gasteiger partial charge in [0, 0.05) is 10.6 Å². The van der Waals surface area contributed by atoms with Gasteiger partial charge < -0.3 is 0 Å². The second-order valence-corrected chi connectivity index (χ2v) is 7.36. The van der Waals surface area contributed by atoms with E-state index in [1.807, 2.05) is 49.4 Å². The van der Waals surface area contributed by atoms with Crippen molar-refractivity contribution in [3.05, 3.63) is 70.1 Å². The van der Waals surface area contributed by atoms with Gasteiger partial charge in [-0.3, -0.25) is 4.79 Å². The normalized spacial score (nSPS) is 11.4. The molecule has 0 N–H and O–H groups in total. The molecule has 0 saturated carbocycles. The van der Waals surface area contributed by atoms with Crippen LogP contribution in [0.25, 0.3) is 10.2 Å². The molecule has 2 aromatic carbocycles. The minimum Gasteiger partial charge on any atom is -0.289 e. The number of rotatable bonds is 4. The number of ketones is 1. The number of nitrogens with zero attached hydrogens (tertiary/aromatic N) is 1. The zero-order chi connectivity index (χ0) is 15.5. The number of hydrogen-bond donors (Lipinski definition) is 0. The van der Waals surface area contributed by atoms with Crippen molar-refractivity contribution >= 4 is 50.7 Å². The molecular weight excluding hydrogens is 334 g/mol. The SMILES string of the molecule is Cc1ccc(C(=O)C=CSc2nc3cc(Cl)ccc3s2)cc1. The summed E-state index contributed by atoms with van der Waals surface area (Å²) >= 11 is 8.98. The average Bonchev–Trinajstić information content (AvgIpc) is 2.89. The Morgan fingerprint density at radius 3 is 2.77 bits per heavy atom. The highest BCUT2D eigenvalue weighted by Gasteiger charge is 2.04. The Bertz CT molecular complexity index is 853. The molecule has 2 nitrogen and oxygen atoms in total. The Morgan fingerprint density at radius 1 is 1.23 bits per heavy atom. The largest absolute Gasteiger partial charge is 0.289 e. The highest BCUT2D eigenvalue weighted by atomic mass is 35.5. The van der Waals surface area contributed by atoms with E-state index in [4.69, 9.17) is 11.6 Å². The molecule has 0 spiro atoms. The fourth-order valence-corrected chi connectivity index (χ4v) is 3.83. The minimum absolute atomic E-state index is 0.00310. The smallest absolute Gasteiger partial charge is 0.186 e. The molecule has 0 radical (unpaired) electrons. The zero-order valence-electron chi connectivity index (χ0n) is 11.7. The summed E-state index contributed by atoms with van der Waals surface area (Å²) in [5.74, 6) is -0.00310. The molecular formula is C17H12ClNOS2. The number of carbonyl (C=O) groups excluding carboxylic acids is 1. The van der Waals surface area contributed by atoms with Gasteiger partial charge in [0.25, 0.3) is 0 Å². The van der Waals surface area contributed by atoms with Crippen LogP contribution in [0.3, 0.4) is 0 Å². The summed E-state index contributed by atoms with van der Waals surface area (Å²) in [4.78, 5) is 16.5. The van der Waals surface area contributed by atoms with E-state index in [1.165, 1.54) is 11.8 Å². The van der Waals surface area contributed by atoms with Crippen molar-refractivity contribution < 1.29 is 4.79 Å². The first-order valence-electron chi connectivity index (χ1n) is 6.62. The Morgan fingerprint density at radius 2 is 2.00 bits per heavy atom. The number of fused-ring (bicyclic) bond motifs is 1. The quantitative estimate of drug-likeness (QED) is 0.343. The van der Waals surface area contributed by atoms with Crippen molar-refractivity contribution in [3.63, 3.8) is 0 Å². The number of thiazole rings is 1. The van der Waals surface area contributed by atoms with Crippen LogP contribution in [0.5, 0.6) is 0 Å². The summed E-state index contributed by atoms with van der Waals surface area (Å²) in [6, 6.07) is 13.2. The fraction of sp³-hybridized carbons (Fsp3) is 0.0588. The molecule has 3 aromatic rings. The van der Waals surface area contributed by atoms with Crippen molar-refractivity contribution in [1.82, 2.24) is 4.98 Å². The number of halogens is 1. The van der Waals surface area contributed by atoms with Crippen molar-refractivity contribution in [3.8, 4) is 0 Å². The molecule has 0 aliphatic rings. The number of thioether (sulfide) groups is 1. The number of carbonyl (C=O) groups is 1. The fourth-order valence-electron chi connectivity index (χ4n) is 1.90. The molecule has 0 unspecified atom stereocenters. The van der Waals surface area contributed by atoms with E-state index in [1.54, 1.807) is 22.8 Å². The van der Waals surface area contributed by atoms with Gasteiger partial charge in [-0.15, -0.1) is 11.3 Å². The first-order valence-corrected chi connectivity index (χ1v) is 8.69. The summed E-state index contributed by atoms with van der Waals surface area (Å²) in [6.07, 6.45) is 1.58. The lowest BCUT2D eigenvalue weighted by Gasteiger charge is -1.96. The van der Waals surface area contributed by atoms with E-state index in [0.717, 1.165) is 20.1 Å². The first kappa shape index (κ1) is 15.3. The Hall–Kier alpha value is -1.62. The third kappa shape index (κ3) is 3.58. The molecule has 1 heterocycles. The second-order valence-electron chi connectivity index (χ2n) is 4.74. The molecule has 0 fully saturated rings. The van der Waals surface area contributed by atoms with Crippen LogP contribution >= 0.6 is 34.7 Å². The van der Waals surface area contributed by atoms with Crippen LogP contribution in [0.1, 0.15) is 15.9 Å². The van der Waals surface area contributed by atoms with Crippen LogP contribution in [-0.2, 0) is 0 Å². The van der Waals surface area contributed by atoms with Crippen LogP contribution in [0.2, 0.25) is 5.02 Å². The number of allylic oxidation sites excluding steroid dienone is 1. The Kier molecular flexibility index (Phi) is 4.62. The highest BCUT2D eigenvalue weighted by molar-refractivity contribution is 8.03. The van der Waals surface area contributed by atoms with Crippen LogP contribution in [0, 0.1) is 6.92 Å².